The van der Waals surface area contributed by atoms with Gasteiger partial charge in [-0.1, -0.05) is 159 Å². The first-order chi connectivity index (χ1) is 21.7. The van der Waals surface area contributed by atoms with Gasteiger partial charge in [0.05, 0.1) is 0 Å². The molecule has 0 amide bonds. The molecular formula is C43H57N. The minimum Gasteiger partial charge on any atom is -0.311 e. The fourth-order valence-electron chi connectivity index (χ4n) is 5.04. The fourth-order valence-corrected chi connectivity index (χ4v) is 5.04. The van der Waals surface area contributed by atoms with Gasteiger partial charge in [0.15, 0.2) is 0 Å². The van der Waals surface area contributed by atoms with Gasteiger partial charge in [0, 0.05) is 17.1 Å². The zero-order chi connectivity index (χ0) is 33.1. The van der Waals surface area contributed by atoms with Crippen molar-refractivity contribution in [1.29, 1.82) is 0 Å². The monoisotopic (exact) mass is 587 g/mol. The van der Waals surface area contributed by atoms with Crippen molar-refractivity contribution in [3.05, 3.63) is 138 Å². The van der Waals surface area contributed by atoms with Crippen LogP contribution in [-0.2, 0) is 6.42 Å². The van der Waals surface area contributed by atoms with Crippen LogP contribution < -0.4 is 4.90 Å². The lowest BCUT2D eigenvalue weighted by atomic mass is 9.98. The molecule has 0 aromatic heterocycles. The molecule has 0 bridgehead atoms. The summed E-state index contributed by atoms with van der Waals surface area (Å²) in [7, 11) is 0. The average molecular weight is 588 g/mol. The lowest BCUT2D eigenvalue weighted by molar-refractivity contribution is 1.25. The van der Waals surface area contributed by atoms with Gasteiger partial charge in [-0.3, -0.25) is 0 Å². The SMILES string of the molecule is CC.CC.CC.CC.CC.Cc1ccc(N(c2ccccc2)c2ccc(-c3ccc4c(c3)Cc3cc(C)ccc3-4)cc2)cc1. The third-order valence-electron chi connectivity index (χ3n) is 6.80. The molecule has 5 aromatic carbocycles. The first kappa shape index (κ1) is 37.9. The summed E-state index contributed by atoms with van der Waals surface area (Å²) >= 11 is 0. The zero-order valence-electron chi connectivity index (χ0n) is 29.6. The highest BCUT2D eigenvalue weighted by Gasteiger charge is 2.19. The second-order valence-electron chi connectivity index (χ2n) is 9.26. The van der Waals surface area contributed by atoms with Gasteiger partial charge in [0.25, 0.3) is 0 Å². The van der Waals surface area contributed by atoms with E-state index in [9.17, 15) is 0 Å². The topological polar surface area (TPSA) is 3.24 Å². The Balaban J connectivity index is 0.000000884. The van der Waals surface area contributed by atoms with Crippen LogP contribution in [-0.4, -0.2) is 0 Å². The van der Waals surface area contributed by atoms with Crippen molar-refractivity contribution in [2.75, 3.05) is 4.90 Å². The Kier molecular flexibility index (Phi) is 17.9. The summed E-state index contributed by atoms with van der Waals surface area (Å²) < 4.78 is 0. The Bertz CT molecular complexity index is 1460. The smallest absolute Gasteiger partial charge is 0.0462 e. The van der Waals surface area contributed by atoms with E-state index in [4.69, 9.17) is 0 Å². The summed E-state index contributed by atoms with van der Waals surface area (Å²) in [5.41, 5.74) is 14.2. The Morgan fingerprint density at radius 3 is 1.34 bits per heavy atom. The van der Waals surface area contributed by atoms with E-state index in [0.717, 1.165) is 23.5 Å². The summed E-state index contributed by atoms with van der Waals surface area (Å²) in [6.07, 6.45) is 1.02. The molecule has 6 rings (SSSR count). The van der Waals surface area contributed by atoms with Crippen molar-refractivity contribution >= 4 is 17.1 Å². The number of fused-ring (bicyclic) bond motifs is 3. The van der Waals surface area contributed by atoms with Gasteiger partial charge in [-0.25, -0.2) is 0 Å². The summed E-state index contributed by atoms with van der Waals surface area (Å²) in [6.45, 7) is 24.3. The Labute approximate surface area is 270 Å². The Morgan fingerprint density at radius 1 is 0.386 bits per heavy atom. The Hall–Kier alpha value is -4.10. The maximum Gasteiger partial charge on any atom is 0.0462 e. The van der Waals surface area contributed by atoms with Gasteiger partial charge in [0.1, 0.15) is 0 Å². The van der Waals surface area contributed by atoms with Crippen molar-refractivity contribution in [2.45, 2.75) is 89.5 Å². The van der Waals surface area contributed by atoms with Crippen LogP contribution >= 0.6 is 0 Å². The summed E-state index contributed by atoms with van der Waals surface area (Å²) in [5.74, 6) is 0. The molecule has 1 aliphatic rings. The van der Waals surface area contributed by atoms with Crippen LogP contribution in [0.15, 0.2) is 115 Å². The molecule has 44 heavy (non-hydrogen) atoms. The van der Waals surface area contributed by atoms with Gasteiger partial charge in [-0.15, -0.1) is 0 Å². The van der Waals surface area contributed by atoms with Gasteiger partial charge < -0.3 is 4.90 Å². The second-order valence-corrected chi connectivity index (χ2v) is 9.26. The maximum absolute atomic E-state index is 2.37. The number of benzene rings is 5. The standard InChI is InChI=1S/C33H27N.5C2H6/c1-23-8-14-30(15-9-23)34(29-6-4-3-5-7-29)31-16-11-25(12-17-31)26-13-19-33-28(21-26)22-27-20-24(2)10-18-32(27)33;5*1-2/h3-21H,22H2,1-2H3;5*1-2H3. The lowest BCUT2D eigenvalue weighted by Crippen LogP contribution is -2.09. The summed E-state index contributed by atoms with van der Waals surface area (Å²) in [5, 5.41) is 0. The highest BCUT2D eigenvalue weighted by Crippen LogP contribution is 2.40. The number of para-hydroxylation sites is 1. The molecule has 1 aliphatic carbocycles. The third kappa shape index (κ3) is 9.45. The van der Waals surface area contributed by atoms with Crippen LogP contribution in [0.2, 0.25) is 0 Å². The third-order valence-corrected chi connectivity index (χ3v) is 6.80. The predicted molar refractivity (Wildman–Crippen MR) is 201 cm³/mol. The van der Waals surface area contributed by atoms with Crippen molar-refractivity contribution in [3.8, 4) is 22.3 Å². The van der Waals surface area contributed by atoms with E-state index >= 15 is 0 Å². The van der Waals surface area contributed by atoms with Gasteiger partial charge in [0.2, 0.25) is 0 Å². The van der Waals surface area contributed by atoms with Crippen molar-refractivity contribution in [2.24, 2.45) is 0 Å². The van der Waals surface area contributed by atoms with Crippen LogP contribution in [0, 0.1) is 13.8 Å². The first-order valence-corrected chi connectivity index (χ1v) is 16.9. The van der Waals surface area contributed by atoms with E-state index in [1.165, 1.54) is 44.5 Å². The van der Waals surface area contributed by atoms with E-state index in [-0.39, 0.29) is 0 Å². The molecule has 0 spiro atoms. The summed E-state index contributed by atoms with van der Waals surface area (Å²) in [6, 6.07) is 42.0. The highest BCUT2D eigenvalue weighted by molar-refractivity contribution is 5.82. The van der Waals surface area contributed by atoms with Crippen LogP contribution in [0.3, 0.4) is 0 Å². The van der Waals surface area contributed by atoms with Crippen molar-refractivity contribution in [3.63, 3.8) is 0 Å². The molecule has 0 radical (unpaired) electrons. The van der Waals surface area contributed by atoms with Gasteiger partial charge >= 0.3 is 0 Å². The quantitative estimate of drug-likeness (QED) is 0.198. The van der Waals surface area contributed by atoms with Crippen molar-refractivity contribution in [1.82, 2.24) is 0 Å². The highest BCUT2D eigenvalue weighted by atomic mass is 15.1. The molecule has 0 N–H and O–H groups in total. The van der Waals surface area contributed by atoms with Crippen LogP contribution in [0.5, 0.6) is 0 Å². The lowest BCUT2D eigenvalue weighted by Gasteiger charge is -2.25. The molecule has 1 heteroatoms. The second kappa shape index (κ2) is 20.7. The molecule has 0 aliphatic heterocycles. The number of aryl methyl sites for hydroxylation is 2. The Morgan fingerprint density at radius 2 is 0.795 bits per heavy atom. The van der Waals surface area contributed by atoms with Crippen LogP contribution in [0.25, 0.3) is 22.3 Å². The molecule has 0 saturated carbocycles. The van der Waals surface area contributed by atoms with Gasteiger partial charge in [-0.2, -0.15) is 0 Å². The fraction of sp³-hybridized carbons (Fsp3) is 0.302. The molecule has 0 atom stereocenters. The average Bonchev–Trinajstić information content (AvgIpc) is 3.48. The largest absolute Gasteiger partial charge is 0.311 e. The van der Waals surface area contributed by atoms with E-state index in [1.807, 2.05) is 69.2 Å². The summed E-state index contributed by atoms with van der Waals surface area (Å²) in [4.78, 5) is 2.31. The van der Waals surface area contributed by atoms with E-state index < -0.39 is 0 Å². The molecule has 0 saturated heterocycles. The molecule has 0 heterocycles. The molecule has 0 fully saturated rings. The van der Waals surface area contributed by atoms with E-state index in [2.05, 4.69) is 134 Å². The molecule has 0 unspecified atom stereocenters. The molecular weight excluding hydrogens is 530 g/mol. The first-order valence-electron chi connectivity index (χ1n) is 16.9. The predicted octanol–water partition coefficient (Wildman–Crippen LogP) is 14.1. The van der Waals surface area contributed by atoms with E-state index in [0.29, 0.717) is 0 Å². The number of nitrogens with zero attached hydrogens (tertiary/aromatic N) is 1. The maximum atomic E-state index is 2.37. The number of rotatable bonds is 4. The molecule has 1 nitrogen and oxygen atoms in total. The van der Waals surface area contributed by atoms with Crippen LogP contribution in [0.4, 0.5) is 17.1 Å². The zero-order valence-corrected chi connectivity index (χ0v) is 29.6. The van der Waals surface area contributed by atoms with Gasteiger partial charge in [-0.05, 0) is 90.0 Å². The normalized spacial score (nSPS) is 9.73. The van der Waals surface area contributed by atoms with Crippen LogP contribution in [0.1, 0.15) is 91.5 Å². The minimum atomic E-state index is 1.02. The van der Waals surface area contributed by atoms with E-state index in [1.54, 1.807) is 0 Å². The van der Waals surface area contributed by atoms with Crippen molar-refractivity contribution < 1.29 is 0 Å². The minimum absolute atomic E-state index is 1.02. The number of hydrogen-bond acceptors (Lipinski definition) is 1. The molecule has 5 aromatic rings. The number of anilines is 3. The number of hydrogen-bond donors (Lipinski definition) is 0. The molecule has 234 valence electrons.